The van der Waals surface area contributed by atoms with Crippen LogP contribution in [0.4, 0.5) is 5.69 Å². The fourth-order valence-electron chi connectivity index (χ4n) is 2.30. The third-order valence-electron chi connectivity index (χ3n) is 3.45. The van der Waals surface area contributed by atoms with E-state index in [9.17, 15) is 4.79 Å². The smallest absolute Gasteiger partial charge is 0.355 e. The van der Waals surface area contributed by atoms with Crippen LogP contribution in [0, 0.1) is 13.8 Å². The number of aryl methyl sites for hydroxylation is 3. The molecule has 0 saturated carbocycles. The Kier molecular flexibility index (Phi) is 4.68. The molecule has 0 unspecified atom stereocenters. The molecule has 0 aliphatic carbocycles. The first kappa shape index (κ1) is 15.2. The second-order valence-electron chi connectivity index (χ2n) is 5.36. The lowest BCUT2D eigenvalue weighted by atomic mass is 10.1. The van der Waals surface area contributed by atoms with Crippen molar-refractivity contribution in [3.63, 3.8) is 0 Å². The van der Waals surface area contributed by atoms with Gasteiger partial charge in [-0.25, -0.2) is 4.79 Å². The van der Waals surface area contributed by atoms with Crippen molar-refractivity contribution in [2.24, 2.45) is 0 Å². The summed E-state index contributed by atoms with van der Waals surface area (Å²) >= 11 is 0. The predicted molar refractivity (Wildman–Crippen MR) is 84.2 cm³/mol. The van der Waals surface area contributed by atoms with Crippen molar-refractivity contribution in [1.82, 2.24) is 4.57 Å². The van der Waals surface area contributed by atoms with Crippen molar-refractivity contribution in [3.8, 4) is 0 Å². The molecule has 0 saturated heterocycles. The lowest BCUT2D eigenvalue weighted by molar-refractivity contribution is 0.0459. The number of ether oxygens (including phenoxy) is 1. The molecular formula is C17H22N2O2. The average molecular weight is 286 g/mol. The number of anilines is 1. The minimum Gasteiger partial charge on any atom is -0.456 e. The van der Waals surface area contributed by atoms with Crippen LogP contribution >= 0.6 is 0 Å². The van der Waals surface area contributed by atoms with Crippen LogP contribution in [-0.2, 0) is 17.9 Å². The molecule has 112 valence electrons. The number of carbonyl (C=O) groups is 1. The van der Waals surface area contributed by atoms with Crippen molar-refractivity contribution in [2.75, 3.05) is 5.73 Å². The number of nitrogens with zero attached hydrogens (tertiary/aromatic N) is 1. The first-order valence-corrected chi connectivity index (χ1v) is 7.20. The fraction of sp³-hybridized carbons (Fsp3) is 0.353. The maximum absolute atomic E-state index is 12.2. The van der Waals surface area contributed by atoms with E-state index >= 15 is 0 Å². The maximum Gasteiger partial charge on any atom is 0.355 e. The highest BCUT2D eigenvalue weighted by molar-refractivity contribution is 5.89. The number of rotatable bonds is 5. The largest absolute Gasteiger partial charge is 0.456 e. The van der Waals surface area contributed by atoms with Gasteiger partial charge in [0.15, 0.2) is 0 Å². The summed E-state index contributed by atoms with van der Waals surface area (Å²) in [4.78, 5) is 12.2. The van der Waals surface area contributed by atoms with Crippen LogP contribution in [0.2, 0.25) is 0 Å². The number of nitrogens with two attached hydrogens (primary N) is 1. The molecule has 21 heavy (non-hydrogen) atoms. The number of hydrogen-bond donors (Lipinski definition) is 1. The SMILES string of the molecule is CCCn1cc(N)cc1C(=O)OCc1cc(C)ccc1C. The van der Waals surface area contributed by atoms with Gasteiger partial charge in [-0.2, -0.15) is 0 Å². The summed E-state index contributed by atoms with van der Waals surface area (Å²) in [7, 11) is 0. The normalized spacial score (nSPS) is 10.6. The number of esters is 1. The van der Waals surface area contributed by atoms with Gasteiger partial charge in [-0.15, -0.1) is 0 Å². The van der Waals surface area contributed by atoms with E-state index in [2.05, 4.69) is 6.92 Å². The topological polar surface area (TPSA) is 57.2 Å². The van der Waals surface area contributed by atoms with E-state index in [1.165, 1.54) is 0 Å². The summed E-state index contributed by atoms with van der Waals surface area (Å²) in [6.45, 7) is 7.13. The zero-order chi connectivity index (χ0) is 15.4. The van der Waals surface area contributed by atoms with Crippen LogP contribution in [0.3, 0.4) is 0 Å². The minimum absolute atomic E-state index is 0.281. The van der Waals surface area contributed by atoms with Gasteiger partial charge in [0.1, 0.15) is 12.3 Å². The Bertz CT molecular complexity index is 644. The molecule has 0 atom stereocenters. The molecular weight excluding hydrogens is 264 g/mol. The highest BCUT2D eigenvalue weighted by Crippen LogP contribution is 2.16. The number of benzene rings is 1. The molecule has 1 heterocycles. The summed E-state index contributed by atoms with van der Waals surface area (Å²) in [6.07, 6.45) is 2.71. The molecule has 1 aromatic carbocycles. The average Bonchev–Trinajstić information content (AvgIpc) is 2.81. The summed E-state index contributed by atoms with van der Waals surface area (Å²) < 4.78 is 7.28. The molecule has 0 aliphatic rings. The Balaban J connectivity index is 2.10. The second kappa shape index (κ2) is 6.48. The van der Waals surface area contributed by atoms with Gasteiger partial charge in [0, 0.05) is 12.7 Å². The van der Waals surface area contributed by atoms with E-state index in [0.29, 0.717) is 11.4 Å². The number of carbonyl (C=O) groups excluding carboxylic acids is 1. The summed E-state index contributed by atoms with van der Waals surface area (Å²) in [5.41, 5.74) is 10.2. The van der Waals surface area contributed by atoms with E-state index in [1.807, 2.05) is 36.6 Å². The monoisotopic (exact) mass is 286 g/mol. The van der Waals surface area contributed by atoms with Crippen molar-refractivity contribution in [3.05, 3.63) is 52.8 Å². The standard InChI is InChI=1S/C17H22N2O2/c1-4-7-19-10-15(18)9-16(19)17(20)21-11-14-8-12(2)5-6-13(14)3/h5-6,8-10H,4,7,11,18H2,1-3H3. The van der Waals surface area contributed by atoms with Gasteiger partial charge in [0.05, 0.1) is 5.69 Å². The Morgan fingerprint density at radius 3 is 2.76 bits per heavy atom. The Labute approximate surface area is 125 Å². The molecule has 4 nitrogen and oxygen atoms in total. The first-order valence-electron chi connectivity index (χ1n) is 7.20. The number of nitrogen functional groups attached to an aromatic ring is 1. The quantitative estimate of drug-likeness (QED) is 0.856. The molecule has 0 aliphatic heterocycles. The summed E-state index contributed by atoms with van der Waals surface area (Å²) in [5, 5.41) is 0. The second-order valence-corrected chi connectivity index (χ2v) is 5.36. The van der Waals surface area contributed by atoms with E-state index < -0.39 is 0 Å². The molecule has 2 rings (SSSR count). The van der Waals surface area contributed by atoms with Gasteiger partial charge < -0.3 is 15.0 Å². The third-order valence-corrected chi connectivity index (χ3v) is 3.45. The highest BCUT2D eigenvalue weighted by atomic mass is 16.5. The molecule has 0 radical (unpaired) electrons. The molecule has 2 N–H and O–H groups in total. The van der Waals surface area contributed by atoms with E-state index in [1.54, 1.807) is 12.3 Å². The lowest BCUT2D eigenvalue weighted by Crippen LogP contribution is -2.12. The van der Waals surface area contributed by atoms with Crippen LogP contribution in [-0.4, -0.2) is 10.5 Å². The Hall–Kier alpha value is -2.23. The predicted octanol–water partition coefficient (Wildman–Crippen LogP) is 3.45. The Morgan fingerprint density at radius 2 is 2.05 bits per heavy atom. The van der Waals surface area contributed by atoms with E-state index in [4.69, 9.17) is 10.5 Å². The van der Waals surface area contributed by atoms with Gasteiger partial charge >= 0.3 is 5.97 Å². The molecule has 2 aromatic rings. The maximum atomic E-state index is 12.2. The van der Waals surface area contributed by atoms with Gasteiger partial charge in [-0.1, -0.05) is 30.7 Å². The van der Waals surface area contributed by atoms with Gasteiger partial charge in [0.2, 0.25) is 0 Å². The van der Waals surface area contributed by atoms with Gasteiger partial charge in [-0.3, -0.25) is 0 Å². The molecule has 0 spiro atoms. The molecule has 1 aromatic heterocycles. The van der Waals surface area contributed by atoms with Crippen molar-refractivity contribution < 1.29 is 9.53 Å². The van der Waals surface area contributed by atoms with E-state index in [-0.39, 0.29) is 12.6 Å². The number of hydrogen-bond acceptors (Lipinski definition) is 3. The molecule has 0 fully saturated rings. The fourth-order valence-corrected chi connectivity index (χ4v) is 2.30. The van der Waals surface area contributed by atoms with Crippen LogP contribution in [0.25, 0.3) is 0 Å². The number of aromatic nitrogens is 1. The van der Waals surface area contributed by atoms with Crippen LogP contribution in [0.15, 0.2) is 30.5 Å². The zero-order valence-electron chi connectivity index (χ0n) is 12.8. The summed E-state index contributed by atoms with van der Waals surface area (Å²) in [6, 6.07) is 7.80. The highest BCUT2D eigenvalue weighted by Gasteiger charge is 2.14. The molecule has 0 amide bonds. The lowest BCUT2D eigenvalue weighted by Gasteiger charge is -2.10. The molecule has 4 heteroatoms. The van der Waals surface area contributed by atoms with Crippen molar-refractivity contribution in [2.45, 2.75) is 40.3 Å². The van der Waals surface area contributed by atoms with E-state index in [0.717, 1.165) is 29.7 Å². The first-order chi connectivity index (χ1) is 10.0. The van der Waals surface area contributed by atoms with Crippen molar-refractivity contribution >= 4 is 11.7 Å². The zero-order valence-corrected chi connectivity index (χ0v) is 12.8. The van der Waals surface area contributed by atoms with Crippen LogP contribution in [0.5, 0.6) is 0 Å². The third kappa shape index (κ3) is 3.66. The van der Waals surface area contributed by atoms with Crippen molar-refractivity contribution in [1.29, 1.82) is 0 Å². The minimum atomic E-state index is -0.332. The molecule has 0 bridgehead atoms. The van der Waals surface area contributed by atoms with Crippen LogP contribution in [0.1, 0.15) is 40.5 Å². The Morgan fingerprint density at radius 1 is 1.29 bits per heavy atom. The van der Waals surface area contributed by atoms with Gasteiger partial charge in [-0.05, 0) is 37.5 Å². The van der Waals surface area contributed by atoms with Gasteiger partial charge in [0.25, 0.3) is 0 Å². The summed E-state index contributed by atoms with van der Waals surface area (Å²) in [5.74, 6) is -0.332. The van der Waals surface area contributed by atoms with Crippen LogP contribution < -0.4 is 5.73 Å².